The summed E-state index contributed by atoms with van der Waals surface area (Å²) in [7, 11) is 2.33. The molecule has 0 radical (unpaired) electrons. The molecule has 0 aliphatic heterocycles. The largest absolute Gasteiger partial charge is 0.330 e. The number of rotatable bonds is 4. The number of nitrogens with zero attached hydrogens (tertiary/aromatic N) is 1. The van der Waals surface area contributed by atoms with Gasteiger partial charge in [0.2, 0.25) is 0 Å². The summed E-state index contributed by atoms with van der Waals surface area (Å²) in [4.78, 5) is 2.63. The van der Waals surface area contributed by atoms with Gasteiger partial charge in [0, 0.05) is 12.6 Å². The zero-order chi connectivity index (χ0) is 11.4. The molecule has 2 heteroatoms. The highest BCUT2D eigenvalue weighted by atomic mass is 15.1. The van der Waals surface area contributed by atoms with Gasteiger partial charge >= 0.3 is 0 Å². The first kappa shape index (κ1) is 12.4. The molecule has 0 aromatic rings. The van der Waals surface area contributed by atoms with Crippen molar-refractivity contribution in [3.8, 4) is 0 Å². The summed E-state index contributed by atoms with van der Waals surface area (Å²) in [6.45, 7) is 2.21. The lowest BCUT2D eigenvalue weighted by atomic mass is 9.88. The molecule has 2 N–H and O–H groups in total. The number of nitrogens with two attached hydrogens (primary N) is 1. The molecule has 0 bridgehead atoms. The molecule has 2 saturated carbocycles. The second kappa shape index (κ2) is 6.02. The molecule has 0 heterocycles. The van der Waals surface area contributed by atoms with E-state index in [0.717, 1.165) is 24.4 Å². The van der Waals surface area contributed by atoms with E-state index in [1.165, 1.54) is 57.9 Å². The molecule has 2 fully saturated rings. The van der Waals surface area contributed by atoms with Crippen LogP contribution in [0.4, 0.5) is 0 Å². The normalized spacial score (nSPS) is 32.4. The molecule has 2 unspecified atom stereocenters. The van der Waals surface area contributed by atoms with E-state index in [9.17, 15) is 0 Å². The zero-order valence-corrected chi connectivity index (χ0v) is 10.8. The molecule has 16 heavy (non-hydrogen) atoms. The third-order valence-electron chi connectivity index (χ3n) is 4.76. The van der Waals surface area contributed by atoms with E-state index in [2.05, 4.69) is 11.9 Å². The minimum Gasteiger partial charge on any atom is -0.330 e. The predicted molar refractivity (Wildman–Crippen MR) is 69.4 cm³/mol. The van der Waals surface area contributed by atoms with Gasteiger partial charge in [-0.15, -0.1) is 0 Å². The Morgan fingerprint density at radius 1 is 1.00 bits per heavy atom. The highest BCUT2D eigenvalue weighted by molar-refractivity contribution is 4.85. The molecule has 0 amide bonds. The molecule has 2 aliphatic carbocycles. The third-order valence-corrected chi connectivity index (χ3v) is 4.76. The van der Waals surface area contributed by atoms with Crippen LogP contribution in [0.15, 0.2) is 0 Å². The van der Waals surface area contributed by atoms with Gasteiger partial charge in [-0.25, -0.2) is 0 Å². The Morgan fingerprint density at radius 2 is 1.75 bits per heavy atom. The predicted octanol–water partition coefficient (Wildman–Crippen LogP) is 2.63. The summed E-state index contributed by atoms with van der Waals surface area (Å²) in [5.41, 5.74) is 5.87. The molecule has 0 aromatic carbocycles. The molecule has 2 rings (SSSR count). The first-order chi connectivity index (χ1) is 7.81. The lowest BCUT2D eigenvalue weighted by molar-refractivity contribution is 0.155. The number of hydrogen-bond acceptors (Lipinski definition) is 2. The van der Waals surface area contributed by atoms with E-state index in [-0.39, 0.29) is 0 Å². The molecule has 0 saturated heterocycles. The van der Waals surface area contributed by atoms with E-state index >= 15 is 0 Å². The Morgan fingerprint density at radius 3 is 2.44 bits per heavy atom. The average Bonchev–Trinajstić information content (AvgIpc) is 2.78. The van der Waals surface area contributed by atoms with Crippen LogP contribution >= 0.6 is 0 Å². The van der Waals surface area contributed by atoms with Crippen molar-refractivity contribution in [3.63, 3.8) is 0 Å². The maximum Gasteiger partial charge on any atom is 0.0133 e. The van der Waals surface area contributed by atoms with Crippen molar-refractivity contribution in [2.75, 3.05) is 20.1 Å². The second-order valence-corrected chi connectivity index (χ2v) is 5.94. The minimum absolute atomic E-state index is 0.772. The van der Waals surface area contributed by atoms with Crippen LogP contribution in [0.2, 0.25) is 0 Å². The van der Waals surface area contributed by atoms with Crippen LogP contribution in [-0.4, -0.2) is 31.1 Å². The van der Waals surface area contributed by atoms with Crippen LogP contribution in [0.5, 0.6) is 0 Å². The van der Waals surface area contributed by atoms with Gasteiger partial charge in [-0.05, 0) is 51.1 Å². The van der Waals surface area contributed by atoms with Crippen LogP contribution in [0.1, 0.15) is 51.4 Å². The fourth-order valence-electron chi connectivity index (χ4n) is 3.78. The van der Waals surface area contributed by atoms with E-state index in [1.807, 2.05) is 0 Å². The Kier molecular flexibility index (Phi) is 4.66. The monoisotopic (exact) mass is 224 g/mol. The number of hydrogen-bond donors (Lipinski definition) is 1. The SMILES string of the molecule is CN(CC1CCCCC1)C1CCCC1CN. The Hall–Kier alpha value is -0.0800. The van der Waals surface area contributed by atoms with Gasteiger partial charge in [0.15, 0.2) is 0 Å². The summed E-state index contributed by atoms with van der Waals surface area (Å²) in [6.07, 6.45) is 11.4. The van der Waals surface area contributed by atoms with Crippen LogP contribution in [0.3, 0.4) is 0 Å². The Labute approximate surface area is 101 Å². The van der Waals surface area contributed by atoms with Crippen molar-refractivity contribution in [1.82, 2.24) is 4.90 Å². The van der Waals surface area contributed by atoms with Gasteiger partial charge in [0.05, 0.1) is 0 Å². The molecule has 2 aliphatic rings. The molecular weight excluding hydrogens is 196 g/mol. The molecule has 94 valence electrons. The van der Waals surface area contributed by atoms with Gasteiger partial charge in [-0.1, -0.05) is 25.7 Å². The zero-order valence-electron chi connectivity index (χ0n) is 10.8. The lowest BCUT2D eigenvalue weighted by Crippen LogP contribution is -2.40. The van der Waals surface area contributed by atoms with E-state index in [0.29, 0.717) is 0 Å². The van der Waals surface area contributed by atoms with Crippen molar-refractivity contribution in [1.29, 1.82) is 0 Å². The maximum atomic E-state index is 5.87. The van der Waals surface area contributed by atoms with Crippen molar-refractivity contribution >= 4 is 0 Å². The van der Waals surface area contributed by atoms with Crippen molar-refractivity contribution < 1.29 is 0 Å². The Bertz CT molecular complexity index is 199. The van der Waals surface area contributed by atoms with E-state index in [1.54, 1.807) is 0 Å². The fraction of sp³-hybridized carbons (Fsp3) is 1.00. The highest BCUT2D eigenvalue weighted by Gasteiger charge is 2.30. The van der Waals surface area contributed by atoms with Crippen LogP contribution in [-0.2, 0) is 0 Å². The van der Waals surface area contributed by atoms with Crippen LogP contribution in [0, 0.1) is 11.8 Å². The summed E-state index contributed by atoms with van der Waals surface area (Å²) in [5, 5.41) is 0. The van der Waals surface area contributed by atoms with E-state index in [4.69, 9.17) is 5.73 Å². The summed E-state index contributed by atoms with van der Waals surface area (Å²) in [5.74, 6) is 1.74. The summed E-state index contributed by atoms with van der Waals surface area (Å²) in [6, 6.07) is 0.784. The van der Waals surface area contributed by atoms with E-state index < -0.39 is 0 Å². The fourth-order valence-corrected chi connectivity index (χ4v) is 3.78. The van der Waals surface area contributed by atoms with Gasteiger partial charge in [-0.2, -0.15) is 0 Å². The maximum absolute atomic E-state index is 5.87. The summed E-state index contributed by atoms with van der Waals surface area (Å²) < 4.78 is 0. The van der Waals surface area contributed by atoms with Gasteiger partial charge in [0.25, 0.3) is 0 Å². The molecule has 0 aromatic heterocycles. The summed E-state index contributed by atoms with van der Waals surface area (Å²) >= 11 is 0. The molecule has 2 atom stereocenters. The smallest absolute Gasteiger partial charge is 0.0133 e. The van der Waals surface area contributed by atoms with Crippen molar-refractivity contribution in [2.24, 2.45) is 17.6 Å². The average molecular weight is 224 g/mol. The van der Waals surface area contributed by atoms with Crippen molar-refractivity contribution in [2.45, 2.75) is 57.4 Å². The quantitative estimate of drug-likeness (QED) is 0.795. The van der Waals surface area contributed by atoms with Crippen molar-refractivity contribution in [3.05, 3.63) is 0 Å². The first-order valence-electron chi connectivity index (χ1n) is 7.21. The first-order valence-corrected chi connectivity index (χ1v) is 7.21. The molecule has 0 spiro atoms. The third kappa shape index (κ3) is 2.98. The van der Waals surface area contributed by atoms with Crippen LogP contribution in [0.25, 0.3) is 0 Å². The second-order valence-electron chi connectivity index (χ2n) is 5.94. The van der Waals surface area contributed by atoms with Gasteiger partial charge < -0.3 is 10.6 Å². The van der Waals surface area contributed by atoms with Gasteiger partial charge in [-0.3, -0.25) is 0 Å². The molecule has 2 nitrogen and oxygen atoms in total. The minimum atomic E-state index is 0.772. The van der Waals surface area contributed by atoms with Gasteiger partial charge in [0.1, 0.15) is 0 Å². The standard InChI is InChI=1S/C14H28N2/c1-16(11-12-6-3-2-4-7-12)14-9-5-8-13(14)10-15/h12-14H,2-11,15H2,1H3. The lowest BCUT2D eigenvalue weighted by Gasteiger charge is -2.33. The molecular formula is C14H28N2. The Balaban J connectivity index is 1.79. The topological polar surface area (TPSA) is 29.3 Å². The highest BCUT2D eigenvalue weighted by Crippen LogP contribution is 2.31. The van der Waals surface area contributed by atoms with Crippen LogP contribution < -0.4 is 5.73 Å².